The Morgan fingerprint density at radius 2 is 1.21 bits per heavy atom. The minimum atomic E-state index is -0.746. The normalized spacial score (nSPS) is 34.4. The summed E-state index contributed by atoms with van der Waals surface area (Å²) < 4.78 is 28.4. The van der Waals surface area contributed by atoms with Crippen LogP contribution in [0.4, 0.5) is 0 Å². The molecule has 108 valence electrons. The molecule has 0 spiro atoms. The Hall–Kier alpha value is -0.0701. The molecule has 2 unspecified atom stereocenters. The molecule has 0 aliphatic carbocycles. The van der Waals surface area contributed by atoms with Gasteiger partial charge in [-0.2, -0.15) is 0 Å². The van der Waals surface area contributed by atoms with E-state index in [0.29, 0.717) is 0 Å². The molecule has 0 aromatic heterocycles. The van der Waals surface area contributed by atoms with Gasteiger partial charge < -0.3 is 23.2 Å². The third-order valence-electron chi connectivity index (χ3n) is 3.30. The molecule has 2 aliphatic heterocycles. The van der Waals surface area contributed by atoms with Crippen molar-refractivity contribution in [3.05, 3.63) is 0 Å². The molecule has 7 heteroatoms. The van der Waals surface area contributed by atoms with Gasteiger partial charge in [-0.1, -0.05) is 0 Å². The van der Waals surface area contributed by atoms with Crippen molar-refractivity contribution < 1.29 is 23.2 Å². The molecule has 0 amide bonds. The molecule has 0 N–H and O–H groups in total. The minimum Gasteiger partial charge on any atom is -0.399 e. The van der Waals surface area contributed by atoms with Crippen LogP contribution in [0, 0.1) is 0 Å². The monoisotopic (exact) mass is 270 g/mol. The third kappa shape index (κ3) is 4.46. The van der Waals surface area contributed by atoms with Crippen molar-refractivity contribution >= 4 is 14.6 Å². The lowest BCUT2D eigenvalue weighted by Gasteiger charge is -2.40. The largest absolute Gasteiger partial charge is 0.628 e. The lowest BCUT2D eigenvalue weighted by Crippen LogP contribution is -2.54. The van der Waals surface area contributed by atoms with E-state index in [0.717, 1.165) is 12.8 Å². The fraction of sp³-hybridized carbons (Fsp3) is 1.00. The van der Waals surface area contributed by atoms with Crippen LogP contribution in [0.25, 0.3) is 0 Å². The van der Waals surface area contributed by atoms with E-state index in [2.05, 4.69) is 0 Å². The minimum absolute atomic E-state index is 0.0859. The van der Waals surface area contributed by atoms with Crippen LogP contribution in [0.15, 0.2) is 0 Å². The molecule has 0 aromatic rings. The zero-order valence-electron chi connectivity index (χ0n) is 12.8. The van der Waals surface area contributed by atoms with Gasteiger partial charge in [0.15, 0.2) is 0 Å². The molecular weight excluding hydrogens is 246 g/mol. The van der Waals surface area contributed by atoms with Crippen LogP contribution in [0.2, 0.25) is 0 Å². The summed E-state index contributed by atoms with van der Waals surface area (Å²) in [6.07, 6.45) is 1.84. The predicted molar refractivity (Wildman–Crippen MR) is 73.2 cm³/mol. The van der Waals surface area contributed by atoms with Crippen molar-refractivity contribution in [3.8, 4) is 0 Å². The van der Waals surface area contributed by atoms with Crippen LogP contribution in [0.5, 0.6) is 0 Å². The van der Waals surface area contributed by atoms with Gasteiger partial charge in [0.05, 0.1) is 11.2 Å². The molecular formula is C12H24B2O5. The van der Waals surface area contributed by atoms with Crippen LogP contribution < -0.4 is 0 Å². The van der Waals surface area contributed by atoms with E-state index in [1.165, 1.54) is 0 Å². The maximum Gasteiger partial charge on any atom is 0.628 e. The van der Waals surface area contributed by atoms with Crippen molar-refractivity contribution in [1.82, 2.24) is 0 Å². The second kappa shape index (κ2) is 5.37. The van der Waals surface area contributed by atoms with E-state index in [1.54, 1.807) is 0 Å². The standard InChI is InChI=1S/C12H24B2O5/c1-9-7-11(3,4)17-13(15-9)19-14-16-10(2)8-12(5,6)18-14/h9-10H,7-8H2,1-6H3. The topological polar surface area (TPSA) is 46.2 Å². The van der Waals surface area contributed by atoms with Gasteiger partial charge >= 0.3 is 14.6 Å². The Kier molecular flexibility index (Phi) is 4.33. The van der Waals surface area contributed by atoms with Crippen molar-refractivity contribution in [3.63, 3.8) is 0 Å². The quantitative estimate of drug-likeness (QED) is 0.719. The Morgan fingerprint density at radius 3 is 1.53 bits per heavy atom. The van der Waals surface area contributed by atoms with E-state index >= 15 is 0 Å². The zero-order chi connectivity index (χ0) is 14.3. The maximum absolute atomic E-state index is 5.75. The fourth-order valence-corrected chi connectivity index (χ4v) is 2.74. The molecule has 19 heavy (non-hydrogen) atoms. The van der Waals surface area contributed by atoms with Gasteiger partial charge in [0.2, 0.25) is 0 Å². The van der Waals surface area contributed by atoms with Gasteiger partial charge in [0.25, 0.3) is 0 Å². The Labute approximate surface area is 116 Å². The van der Waals surface area contributed by atoms with Gasteiger partial charge in [-0.25, -0.2) is 0 Å². The molecule has 2 aliphatic rings. The fourth-order valence-electron chi connectivity index (χ4n) is 2.74. The molecule has 2 fully saturated rings. The van der Waals surface area contributed by atoms with Gasteiger partial charge in [0, 0.05) is 12.2 Å². The van der Waals surface area contributed by atoms with Gasteiger partial charge in [-0.15, -0.1) is 0 Å². The highest BCUT2D eigenvalue weighted by molar-refractivity contribution is 6.52. The summed E-state index contributed by atoms with van der Waals surface area (Å²) in [4.78, 5) is 0. The summed E-state index contributed by atoms with van der Waals surface area (Å²) in [5.41, 5.74) is -0.531. The van der Waals surface area contributed by atoms with E-state index in [9.17, 15) is 0 Å². The van der Waals surface area contributed by atoms with Gasteiger partial charge in [-0.05, 0) is 54.4 Å². The smallest absolute Gasteiger partial charge is 0.399 e. The summed E-state index contributed by atoms with van der Waals surface area (Å²) in [5.74, 6) is 0. The highest BCUT2D eigenvalue weighted by Crippen LogP contribution is 2.29. The molecule has 0 saturated carbocycles. The molecule has 0 aromatic carbocycles. The van der Waals surface area contributed by atoms with Crippen molar-refractivity contribution in [2.24, 2.45) is 0 Å². The summed E-state index contributed by atoms with van der Waals surface area (Å²) in [6.45, 7) is 12.1. The molecule has 2 heterocycles. The zero-order valence-corrected chi connectivity index (χ0v) is 12.8. The summed E-state index contributed by atoms with van der Waals surface area (Å²) in [7, 11) is -1.49. The molecule has 5 nitrogen and oxygen atoms in total. The Bertz CT molecular complexity index is 293. The molecule has 2 saturated heterocycles. The Morgan fingerprint density at radius 1 is 0.842 bits per heavy atom. The summed E-state index contributed by atoms with van der Waals surface area (Å²) in [5, 5.41) is 0. The predicted octanol–water partition coefficient (Wildman–Crippen LogP) is 2.18. The highest BCUT2D eigenvalue weighted by Gasteiger charge is 2.46. The van der Waals surface area contributed by atoms with Crippen LogP contribution in [-0.2, 0) is 23.2 Å². The van der Waals surface area contributed by atoms with E-state index in [4.69, 9.17) is 23.2 Å². The van der Waals surface area contributed by atoms with E-state index in [1.807, 2.05) is 41.5 Å². The number of hydrogen-bond acceptors (Lipinski definition) is 5. The van der Waals surface area contributed by atoms with Crippen LogP contribution in [-0.4, -0.2) is 38.1 Å². The average molecular weight is 270 g/mol. The molecule has 2 atom stereocenters. The van der Waals surface area contributed by atoms with E-state index < -0.39 is 14.6 Å². The second-order valence-electron chi connectivity index (χ2n) is 6.77. The van der Waals surface area contributed by atoms with Gasteiger partial charge in [0.1, 0.15) is 0 Å². The first kappa shape index (κ1) is 15.3. The van der Waals surface area contributed by atoms with Crippen LogP contribution >= 0.6 is 0 Å². The highest BCUT2D eigenvalue weighted by atomic mass is 16.8. The first-order valence-electron chi connectivity index (χ1n) is 6.97. The summed E-state index contributed by atoms with van der Waals surface area (Å²) in [6, 6.07) is 0. The van der Waals surface area contributed by atoms with E-state index in [-0.39, 0.29) is 23.4 Å². The molecule has 2 rings (SSSR count). The van der Waals surface area contributed by atoms with Crippen molar-refractivity contribution in [1.29, 1.82) is 0 Å². The van der Waals surface area contributed by atoms with Crippen LogP contribution in [0.3, 0.4) is 0 Å². The lowest BCUT2D eigenvalue weighted by molar-refractivity contribution is -0.0873. The molecule has 0 radical (unpaired) electrons. The summed E-state index contributed by atoms with van der Waals surface area (Å²) >= 11 is 0. The average Bonchev–Trinajstić information content (AvgIpc) is 2.08. The first-order chi connectivity index (χ1) is 8.65. The van der Waals surface area contributed by atoms with Crippen molar-refractivity contribution in [2.45, 2.75) is 77.8 Å². The van der Waals surface area contributed by atoms with Crippen LogP contribution in [0.1, 0.15) is 54.4 Å². The number of hydrogen-bond donors (Lipinski definition) is 0. The first-order valence-corrected chi connectivity index (χ1v) is 6.97. The SMILES string of the molecule is CC1CC(C)(C)OB(OB2OC(C)CC(C)(C)O2)O1. The third-order valence-corrected chi connectivity index (χ3v) is 3.30. The Balaban J connectivity index is 1.93. The maximum atomic E-state index is 5.75. The van der Waals surface area contributed by atoms with Gasteiger partial charge in [-0.3, -0.25) is 0 Å². The molecule has 0 bridgehead atoms. The lowest BCUT2D eigenvalue weighted by atomic mass is 9.91. The number of rotatable bonds is 2. The van der Waals surface area contributed by atoms with Crippen molar-refractivity contribution in [2.75, 3.05) is 0 Å². The second-order valence-corrected chi connectivity index (χ2v) is 6.77.